The molecule has 0 spiro atoms. The van der Waals surface area contributed by atoms with Crippen molar-refractivity contribution in [3.8, 4) is 0 Å². The maximum atomic E-state index is 5.75. The summed E-state index contributed by atoms with van der Waals surface area (Å²) in [5.41, 5.74) is 3.52. The lowest BCUT2D eigenvalue weighted by Gasteiger charge is -2.25. The Bertz CT molecular complexity index is 840. The average Bonchev–Trinajstić information content (AvgIpc) is 3.07. The molecule has 26 heavy (non-hydrogen) atoms. The zero-order valence-corrected chi connectivity index (χ0v) is 16.1. The number of hydrogen-bond donors (Lipinski definition) is 1. The Hall–Kier alpha value is -2.59. The van der Waals surface area contributed by atoms with E-state index in [-0.39, 0.29) is 0 Å². The van der Waals surface area contributed by atoms with Gasteiger partial charge in [-0.15, -0.1) is 0 Å². The smallest absolute Gasteiger partial charge is 0.174 e. The van der Waals surface area contributed by atoms with Crippen molar-refractivity contribution in [2.45, 2.75) is 33.4 Å². The molecule has 0 saturated carbocycles. The molecule has 4 heteroatoms. The van der Waals surface area contributed by atoms with E-state index in [1.165, 1.54) is 11.1 Å². The Kier molecular flexibility index (Phi) is 6.08. The highest BCUT2D eigenvalue weighted by atomic mass is 32.1. The van der Waals surface area contributed by atoms with Gasteiger partial charge in [-0.05, 0) is 61.0 Å². The van der Waals surface area contributed by atoms with Gasteiger partial charge in [-0.2, -0.15) is 0 Å². The standard InChI is InChI=1S/C22H24N2OS/c1-3-18-10-12-20(13-11-18)23-22(26)24(15-19-7-5-4-6-8-19)16-21-14-9-17(2)25-21/h4-14H,3,15-16H2,1-2H3,(H,23,26). The van der Waals surface area contributed by atoms with Gasteiger partial charge in [0.25, 0.3) is 0 Å². The van der Waals surface area contributed by atoms with Crippen molar-refractivity contribution in [2.24, 2.45) is 0 Å². The summed E-state index contributed by atoms with van der Waals surface area (Å²) in [6.45, 7) is 5.46. The Morgan fingerprint density at radius 1 is 0.923 bits per heavy atom. The third-order valence-corrected chi connectivity index (χ3v) is 4.62. The SMILES string of the molecule is CCc1ccc(NC(=S)N(Cc2ccccc2)Cc2ccc(C)o2)cc1. The van der Waals surface area contributed by atoms with Crippen LogP contribution in [0.4, 0.5) is 5.69 Å². The third kappa shape index (κ3) is 4.96. The van der Waals surface area contributed by atoms with Gasteiger partial charge < -0.3 is 14.6 Å². The number of rotatable bonds is 6. The summed E-state index contributed by atoms with van der Waals surface area (Å²) in [6, 6.07) is 22.7. The summed E-state index contributed by atoms with van der Waals surface area (Å²) in [6.07, 6.45) is 1.03. The monoisotopic (exact) mass is 364 g/mol. The maximum absolute atomic E-state index is 5.75. The molecule has 0 atom stereocenters. The molecule has 0 bridgehead atoms. The van der Waals surface area contributed by atoms with Gasteiger partial charge in [-0.25, -0.2) is 0 Å². The zero-order chi connectivity index (χ0) is 18.4. The van der Waals surface area contributed by atoms with Crippen molar-refractivity contribution in [1.82, 2.24) is 4.90 Å². The highest BCUT2D eigenvalue weighted by Crippen LogP contribution is 2.16. The van der Waals surface area contributed by atoms with E-state index in [0.717, 1.165) is 30.2 Å². The van der Waals surface area contributed by atoms with E-state index in [1.807, 2.05) is 37.3 Å². The number of anilines is 1. The van der Waals surface area contributed by atoms with E-state index < -0.39 is 0 Å². The molecule has 1 aromatic heterocycles. The Labute approximate surface area is 160 Å². The first-order valence-electron chi connectivity index (χ1n) is 8.88. The number of aryl methyl sites for hydroxylation is 2. The van der Waals surface area contributed by atoms with Gasteiger partial charge in [0, 0.05) is 12.2 Å². The van der Waals surface area contributed by atoms with Crippen molar-refractivity contribution < 1.29 is 4.42 Å². The number of thiocarbonyl (C=S) groups is 1. The summed E-state index contributed by atoms with van der Waals surface area (Å²) >= 11 is 5.70. The van der Waals surface area contributed by atoms with Gasteiger partial charge in [0.2, 0.25) is 0 Å². The molecule has 0 aliphatic heterocycles. The molecular weight excluding hydrogens is 340 g/mol. The van der Waals surface area contributed by atoms with Gasteiger partial charge in [-0.3, -0.25) is 0 Å². The van der Waals surface area contributed by atoms with Crippen LogP contribution in [-0.4, -0.2) is 10.0 Å². The minimum Gasteiger partial charge on any atom is -0.464 e. The maximum Gasteiger partial charge on any atom is 0.174 e. The van der Waals surface area contributed by atoms with E-state index in [9.17, 15) is 0 Å². The molecule has 0 aliphatic carbocycles. The number of nitrogens with zero attached hydrogens (tertiary/aromatic N) is 1. The van der Waals surface area contributed by atoms with Crippen LogP contribution in [0.2, 0.25) is 0 Å². The summed E-state index contributed by atoms with van der Waals surface area (Å²) in [4.78, 5) is 2.12. The first-order chi connectivity index (χ1) is 12.6. The van der Waals surface area contributed by atoms with Crippen LogP contribution in [0.5, 0.6) is 0 Å². The van der Waals surface area contributed by atoms with Crippen LogP contribution < -0.4 is 5.32 Å². The van der Waals surface area contributed by atoms with Crippen LogP contribution in [0.25, 0.3) is 0 Å². The van der Waals surface area contributed by atoms with Gasteiger partial charge in [0.1, 0.15) is 11.5 Å². The van der Waals surface area contributed by atoms with Gasteiger partial charge in [-0.1, -0.05) is 49.4 Å². The number of nitrogens with one attached hydrogen (secondary N) is 1. The fraction of sp³-hybridized carbons (Fsp3) is 0.227. The van der Waals surface area contributed by atoms with Crippen LogP contribution in [0.3, 0.4) is 0 Å². The van der Waals surface area contributed by atoms with Crippen molar-refractivity contribution in [3.05, 3.63) is 89.4 Å². The lowest BCUT2D eigenvalue weighted by molar-refractivity contribution is 0.354. The van der Waals surface area contributed by atoms with E-state index in [0.29, 0.717) is 11.7 Å². The average molecular weight is 365 g/mol. The summed E-state index contributed by atoms with van der Waals surface area (Å²) in [7, 11) is 0. The molecule has 3 nitrogen and oxygen atoms in total. The molecule has 0 radical (unpaired) electrons. The van der Waals surface area contributed by atoms with Crippen molar-refractivity contribution in [1.29, 1.82) is 0 Å². The highest BCUT2D eigenvalue weighted by molar-refractivity contribution is 7.80. The quantitative estimate of drug-likeness (QED) is 0.581. The first-order valence-corrected chi connectivity index (χ1v) is 9.29. The predicted octanol–water partition coefficient (Wildman–Crippen LogP) is 5.55. The molecule has 134 valence electrons. The third-order valence-electron chi connectivity index (χ3n) is 4.26. The Balaban J connectivity index is 1.75. The van der Waals surface area contributed by atoms with Crippen molar-refractivity contribution in [2.75, 3.05) is 5.32 Å². The van der Waals surface area contributed by atoms with E-state index in [4.69, 9.17) is 16.6 Å². The molecule has 2 aromatic carbocycles. The molecule has 3 aromatic rings. The molecular formula is C22H24N2OS. The zero-order valence-electron chi connectivity index (χ0n) is 15.2. The van der Waals surface area contributed by atoms with Crippen LogP contribution in [0.15, 0.2) is 71.1 Å². The molecule has 1 N–H and O–H groups in total. The predicted molar refractivity (Wildman–Crippen MR) is 111 cm³/mol. The molecule has 0 amide bonds. The molecule has 0 unspecified atom stereocenters. The topological polar surface area (TPSA) is 28.4 Å². The largest absolute Gasteiger partial charge is 0.464 e. The Morgan fingerprint density at radius 2 is 1.65 bits per heavy atom. The van der Waals surface area contributed by atoms with Crippen molar-refractivity contribution >= 4 is 23.0 Å². The number of furan rings is 1. The van der Waals surface area contributed by atoms with Crippen molar-refractivity contribution in [3.63, 3.8) is 0 Å². The van der Waals surface area contributed by atoms with Gasteiger partial charge in [0.15, 0.2) is 5.11 Å². The number of hydrogen-bond acceptors (Lipinski definition) is 2. The minimum absolute atomic E-state index is 0.627. The fourth-order valence-electron chi connectivity index (χ4n) is 2.79. The fourth-order valence-corrected chi connectivity index (χ4v) is 3.03. The second kappa shape index (κ2) is 8.68. The van der Waals surface area contributed by atoms with E-state index in [2.05, 4.69) is 53.5 Å². The van der Waals surface area contributed by atoms with Crippen LogP contribution in [-0.2, 0) is 19.5 Å². The normalized spacial score (nSPS) is 10.5. The molecule has 3 rings (SSSR count). The van der Waals surface area contributed by atoms with Crippen LogP contribution in [0, 0.1) is 6.92 Å². The van der Waals surface area contributed by atoms with Gasteiger partial charge >= 0.3 is 0 Å². The van der Waals surface area contributed by atoms with E-state index >= 15 is 0 Å². The Morgan fingerprint density at radius 3 is 2.27 bits per heavy atom. The molecule has 1 heterocycles. The second-order valence-electron chi connectivity index (χ2n) is 6.33. The van der Waals surface area contributed by atoms with Gasteiger partial charge in [0.05, 0.1) is 6.54 Å². The summed E-state index contributed by atoms with van der Waals surface area (Å²) in [5.74, 6) is 1.82. The van der Waals surface area contributed by atoms with Crippen LogP contribution >= 0.6 is 12.2 Å². The van der Waals surface area contributed by atoms with Crippen LogP contribution in [0.1, 0.15) is 29.6 Å². The highest BCUT2D eigenvalue weighted by Gasteiger charge is 2.13. The number of benzene rings is 2. The second-order valence-corrected chi connectivity index (χ2v) is 6.72. The summed E-state index contributed by atoms with van der Waals surface area (Å²) < 4.78 is 5.75. The summed E-state index contributed by atoms with van der Waals surface area (Å²) in [5, 5.41) is 4.04. The molecule has 0 aliphatic rings. The minimum atomic E-state index is 0.627. The first kappa shape index (κ1) is 18.2. The molecule has 0 fully saturated rings. The lowest BCUT2D eigenvalue weighted by atomic mass is 10.1. The molecule has 0 saturated heterocycles. The lowest BCUT2D eigenvalue weighted by Crippen LogP contribution is -2.33. The van der Waals surface area contributed by atoms with E-state index in [1.54, 1.807) is 0 Å².